The second-order valence-electron chi connectivity index (χ2n) is 10.6. The Morgan fingerprint density at radius 2 is 1.21 bits per heavy atom. The van der Waals surface area contributed by atoms with Crippen molar-refractivity contribution in [3.05, 3.63) is 0 Å². The molecule has 0 saturated carbocycles. The molecule has 1 heterocycles. The molecule has 1 rings (SSSR count). The highest BCUT2D eigenvalue weighted by atomic mass is 16.5. The Morgan fingerprint density at radius 1 is 0.706 bits per heavy atom. The molecule has 0 atom stereocenters. The van der Waals surface area contributed by atoms with E-state index in [1.54, 1.807) is 4.90 Å². The van der Waals surface area contributed by atoms with Gasteiger partial charge in [0.1, 0.15) is 6.54 Å². The zero-order valence-corrected chi connectivity index (χ0v) is 23.6. The van der Waals surface area contributed by atoms with Gasteiger partial charge in [-0.2, -0.15) is 0 Å². The van der Waals surface area contributed by atoms with Crippen LogP contribution in [0, 0.1) is 10.8 Å². The van der Waals surface area contributed by atoms with E-state index in [0.717, 1.165) is 45.3 Å². The number of imide groups is 1. The molecule has 3 amide bonds. The van der Waals surface area contributed by atoms with Gasteiger partial charge < -0.3 is 9.64 Å². The lowest BCUT2D eigenvalue weighted by Gasteiger charge is -2.32. The maximum absolute atomic E-state index is 12.3. The summed E-state index contributed by atoms with van der Waals surface area (Å²) >= 11 is 0. The second-order valence-corrected chi connectivity index (χ2v) is 10.6. The van der Waals surface area contributed by atoms with Gasteiger partial charge in [0.25, 0.3) is 0 Å². The number of carbonyl (C=O) groups is 2. The Labute approximate surface area is 211 Å². The zero-order chi connectivity index (χ0) is 25.5. The fourth-order valence-electron chi connectivity index (χ4n) is 5.88. The van der Waals surface area contributed by atoms with Gasteiger partial charge in [0.15, 0.2) is 0 Å². The summed E-state index contributed by atoms with van der Waals surface area (Å²) in [7, 11) is 0. The molecule has 0 aromatic carbocycles. The lowest BCUT2D eigenvalue weighted by Crippen LogP contribution is -2.34. The van der Waals surface area contributed by atoms with Gasteiger partial charge in [0, 0.05) is 26.3 Å². The average Bonchev–Trinajstić information content (AvgIpc) is 3.13. The van der Waals surface area contributed by atoms with Crippen molar-refractivity contribution in [3.8, 4) is 0 Å². The molecule has 34 heavy (non-hydrogen) atoms. The molecule has 1 fully saturated rings. The van der Waals surface area contributed by atoms with Gasteiger partial charge in [-0.15, -0.1) is 0 Å². The first-order valence-electron chi connectivity index (χ1n) is 14.5. The molecule has 5 heteroatoms. The molecule has 1 saturated heterocycles. The number of unbranched alkanes of at least 4 members (excludes halogenated alkanes) is 2. The standard InChI is InChI=1S/C29H56N2O3/c1-7-18-28(8-2,9-3)19-13-15-23-34-24-16-14-20-29(10-4,11-5)21-17-22-31-26(32)25-30(12-6)27(31)33/h7-25H2,1-6H3. The smallest absolute Gasteiger partial charge is 0.327 e. The van der Waals surface area contributed by atoms with Gasteiger partial charge in [0.05, 0.1) is 0 Å². The van der Waals surface area contributed by atoms with Crippen LogP contribution >= 0.6 is 0 Å². The fraction of sp³-hybridized carbons (Fsp3) is 0.931. The molecule has 5 nitrogen and oxygen atoms in total. The number of rotatable bonds is 21. The van der Waals surface area contributed by atoms with Crippen LogP contribution in [-0.4, -0.2) is 54.6 Å². The number of nitrogens with zero attached hydrogens (tertiary/aromatic N) is 2. The third-order valence-corrected chi connectivity index (χ3v) is 8.87. The minimum atomic E-state index is -0.108. The van der Waals surface area contributed by atoms with Crippen molar-refractivity contribution in [2.75, 3.05) is 32.8 Å². The second kappa shape index (κ2) is 16.5. The Bertz CT molecular complexity index is 570. The fourth-order valence-corrected chi connectivity index (χ4v) is 5.88. The predicted molar refractivity (Wildman–Crippen MR) is 143 cm³/mol. The van der Waals surface area contributed by atoms with Crippen LogP contribution in [-0.2, 0) is 9.53 Å². The lowest BCUT2D eigenvalue weighted by molar-refractivity contribution is -0.125. The average molecular weight is 481 g/mol. The molecule has 0 bridgehead atoms. The highest BCUT2D eigenvalue weighted by Crippen LogP contribution is 2.38. The largest absolute Gasteiger partial charge is 0.381 e. The minimum Gasteiger partial charge on any atom is -0.381 e. The topological polar surface area (TPSA) is 49.9 Å². The molecule has 0 radical (unpaired) electrons. The highest BCUT2D eigenvalue weighted by Gasteiger charge is 2.35. The Kier molecular flexibility index (Phi) is 15.1. The Balaban J connectivity index is 2.24. The number of hydrogen-bond donors (Lipinski definition) is 0. The van der Waals surface area contributed by atoms with Crippen LogP contribution in [0.1, 0.15) is 131 Å². The first kappa shape index (κ1) is 30.9. The summed E-state index contributed by atoms with van der Waals surface area (Å²) in [6.07, 6.45) is 16.9. The van der Waals surface area contributed by atoms with Gasteiger partial charge in [-0.3, -0.25) is 9.69 Å². The van der Waals surface area contributed by atoms with Gasteiger partial charge in [-0.1, -0.05) is 79.6 Å². The molecule has 200 valence electrons. The third kappa shape index (κ3) is 9.51. The summed E-state index contributed by atoms with van der Waals surface area (Å²) in [5, 5.41) is 0. The van der Waals surface area contributed by atoms with Crippen LogP contribution < -0.4 is 0 Å². The van der Waals surface area contributed by atoms with E-state index in [0.29, 0.717) is 23.9 Å². The number of amides is 3. The summed E-state index contributed by atoms with van der Waals surface area (Å²) in [4.78, 5) is 27.5. The maximum atomic E-state index is 12.3. The van der Waals surface area contributed by atoms with Crippen molar-refractivity contribution in [3.63, 3.8) is 0 Å². The van der Waals surface area contributed by atoms with Crippen LogP contribution in [0.4, 0.5) is 4.79 Å². The van der Waals surface area contributed by atoms with E-state index in [1.807, 2.05) is 6.92 Å². The molecule has 0 spiro atoms. The summed E-state index contributed by atoms with van der Waals surface area (Å²) in [6, 6.07) is -0.108. The quantitative estimate of drug-likeness (QED) is 0.124. The molecule has 0 N–H and O–H groups in total. The van der Waals surface area contributed by atoms with E-state index in [1.165, 1.54) is 62.7 Å². The molecule has 0 aliphatic carbocycles. The number of ether oxygens (including phenoxy) is 1. The van der Waals surface area contributed by atoms with Crippen LogP contribution in [0.25, 0.3) is 0 Å². The SMILES string of the molecule is CCCC(CC)(CC)CCCCOCCCCC(CC)(CC)CCCN1C(=O)CN(CC)C1=O. The monoisotopic (exact) mass is 480 g/mol. The molecule has 1 aliphatic heterocycles. The summed E-state index contributed by atoms with van der Waals surface area (Å²) < 4.78 is 5.96. The Hall–Kier alpha value is -1.10. The van der Waals surface area contributed by atoms with Crippen LogP contribution in [0.5, 0.6) is 0 Å². The highest BCUT2D eigenvalue weighted by molar-refractivity contribution is 6.01. The number of carbonyl (C=O) groups excluding carboxylic acids is 2. The number of likely N-dealkylation sites (N-methyl/N-ethyl adjacent to an activating group) is 1. The van der Waals surface area contributed by atoms with E-state index in [4.69, 9.17) is 4.74 Å². The van der Waals surface area contributed by atoms with Gasteiger partial charge in [-0.05, 0) is 62.7 Å². The zero-order valence-electron chi connectivity index (χ0n) is 23.6. The molecule has 0 aromatic rings. The molecule has 0 unspecified atom stereocenters. The van der Waals surface area contributed by atoms with Crippen molar-refractivity contribution in [1.29, 1.82) is 0 Å². The molecular formula is C29H56N2O3. The van der Waals surface area contributed by atoms with E-state index in [2.05, 4.69) is 34.6 Å². The van der Waals surface area contributed by atoms with Gasteiger partial charge in [0.2, 0.25) is 5.91 Å². The van der Waals surface area contributed by atoms with Crippen molar-refractivity contribution in [2.24, 2.45) is 10.8 Å². The van der Waals surface area contributed by atoms with Gasteiger partial charge in [-0.25, -0.2) is 4.79 Å². The first-order chi connectivity index (χ1) is 16.4. The predicted octanol–water partition coefficient (Wildman–Crippen LogP) is 7.82. The van der Waals surface area contributed by atoms with Crippen molar-refractivity contribution < 1.29 is 14.3 Å². The maximum Gasteiger partial charge on any atom is 0.327 e. The van der Waals surface area contributed by atoms with E-state index >= 15 is 0 Å². The minimum absolute atomic E-state index is 0.0389. The molecule has 1 aliphatic rings. The van der Waals surface area contributed by atoms with Crippen molar-refractivity contribution in [2.45, 2.75) is 131 Å². The lowest BCUT2D eigenvalue weighted by atomic mass is 9.74. The van der Waals surface area contributed by atoms with Crippen LogP contribution in [0.3, 0.4) is 0 Å². The normalized spacial score (nSPS) is 15.1. The summed E-state index contributed by atoms with van der Waals surface area (Å²) in [5.74, 6) is -0.0389. The Morgan fingerprint density at radius 3 is 1.65 bits per heavy atom. The van der Waals surface area contributed by atoms with E-state index < -0.39 is 0 Å². The molecule has 0 aromatic heterocycles. The van der Waals surface area contributed by atoms with Crippen LogP contribution in [0.2, 0.25) is 0 Å². The summed E-state index contributed by atoms with van der Waals surface area (Å²) in [5.41, 5.74) is 0.877. The third-order valence-electron chi connectivity index (χ3n) is 8.87. The van der Waals surface area contributed by atoms with E-state index in [9.17, 15) is 9.59 Å². The number of urea groups is 1. The van der Waals surface area contributed by atoms with Gasteiger partial charge >= 0.3 is 6.03 Å². The van der Waals surface area contributed by atoms with Crippen molar-refractivity contribution in [1.82, 2.24) is 9.80 Å². The van der Waals surface area contributed by atoms with Crippen molar-refractivity contribution >= 4 is 11.9 Å². The molecular weight excluding hydrogens is 424 g/mol. The number of hydrogen-bond acceptors (Lipinski definition) is 3. The van der Waals surface area contributed by atoms with E-state index in [-0.39, 0.29) is 18.5 Å². The summed E-state index contributed by atoms with van der Waals surface area (Å²) in [6.45, 7) is 16.7. The van der Waals surface area contributed by atoms with Crippen LogP contribution in [0.15, 0.2) is 0 Å². The first-order valence-corrected chi connectivity index (χ1v) is 14.5.